The maximum atomic E-state index is 5.96. The molecule has 4 aromatic rings. The molecule has 1 aliphatic heterocycles. The lowest BCUT2D eigenvalue weighted by molar-refractivity contribution is 0.436. The summed E-state index contributed by atoms with van der Waals surface area (Å²) < 4.78 is 5.96. The van der Waals surface area contributed by atoms with E-state index in [1.165, 1.54) is 11.8 Å². The van der Waals surface area contributed by atoms with E-state index in [0.717, 1.165) is 59.8 Å². The number of thiocarbonyl (C=S) groups is 1. The molecule has 36 heavy (non-hydrogen) atoms. The largest absolute Gasteiger partial charge is 0.459 e. The van der Waals surface area contributed by atoms with Crippen LogP contribution in [0.2, 0.25) is 0 Å². The van der Waals surface area contributed by atoms with Gasteiger partial charge in [0.1, 0.15) is 22.4 Å². The van der Waals surface area contributed by atoms with Gasteiger partial charge >= 0.3 is 0 Å². The highest BCUT2D eigenvalue weighted by atomic mass is 32.2. The number of aromatic nitrogens is 4. The average molecular weight is 518 g/mol. The van der Waals surface area contributed by atoms with Gasteiger partial charge in [-0.1, -0.05) is 37.3 Å². The lowest BCUT2D eigenvalue weighted by Gasteiger charge is -2.31. The van der Waals surface area contributed by atoms with Crippen LogP contribution in [0.4, 0.5) is 11.8 Å². The Morgan fingerprint density at radius 1 is 1.06 bits per heavy atom. The van der Waals surface area contributed by atoms with Crippen molar-refractivity contribution in [3.63, 3.8) is 0 Å². The molecule has 0 atom stereocenters. The first-order valence-electron chi connectivity index (χ1n) is 11.9. The molecule has 1 aliphatic rings. The molecule has 5 rings (SSSR count). The molecule has 1 saturated heterocycles. The fourth-order valence-electron chi connectivity index (χ4n) is 3.90. The van der Waals surface area contributed by atoms with Crippen molar-refractivity contribution in [3.05, 3.63) is 72.8 Å². The van der Waals surface area contributed by atoms with Gasteiger partial charge in [0.2, 0.25) is 5.95 Å². The number of nitrogens with one attached hydrogen (secondary N) is 2. The van der Waals surface area contributed by atoms with Gasteiger partial charge in [-0.3, -0.25) is 0 Å². The van der Waals surface area contributed by atoms with Gasteiger partial charge in [0, 0.05) is 37.1 Å². The second kappa shape index (κ2) is 11.5. The molecule has 3 aromatic heterocycles. The Bertz CT molecular complexity index is 1290. The van der Waals surface area contributed by atoms with Crippen LogP contribution in [0.3, 0.4) is 0 Å². The van der Waals surface area contributed by atoms with Gasteiger partial charge in [0.15, 0.2) is 10.3 Å². The van der Waals surface area contributed by atoms with Gasteiger partial charge in [-0.05, 0) is 60.9 Å². The lowest BCUT2D eigenvalue weighted by atomic mass is 9.99. The number of hydrogen-bond acceptors (Lipinski definition) is 8. The summed E-state index contributed by atoms with van der Waals surface area (Å²) in [5, 5.41) is 8.14. The second-order valence-corrected chi connectivity index (χ2v) is 10.0. The summed E-state index contributed by atoms with van der Waals surface area (Å²) in [7, 11) is 0. The molecule has 8 nitrogen and oxygen atoms in total. The van der Waals surface area contributed by atoms with Crippen LogP contribution in [0.5, 0.6) is 0 Å². The predicted octanol–water partition coefficient (Wildman–Crippen LogP) is 5.40. The van der Waals surface area contributed by atoms with Gasteiger partial charge in [0.25, 0.3) is 0 Å². The first kappa shape index (κ1) is 24.2. The van der Waals surface area contributed by atoms with E-state index in [2.05, 4.69) is 37.4 Å². The normalized spacial score (nSPS) is 14.0. The van der Waals surface area contributed by atoms with Crippen LogP contribution < -0.4 is 15.5 Å². The van der Waals surface area contributed by atoms with E-state index in [-0.39, 0.29) is 0 Å². The molecule has 0 spiro atoms. The maximum Gasteiger partial charge on any atom is 0.232 e. The van der Waals surface area contributed by atoms with Gasteiger partial charge in [-0.15, -0.1) is 0 Å². The monoisotopic (exact) mass is 517 g/mol. The Labute approximate surface area is 220 Å². The average Bonchev–Trinajstić information content (AvgIpc) is 3.38. The first-order chi connectivity index (χ1) is 17.6. The van der Waals surface area contributed by atoms with Crippen molar-refractivity contribution in [1.82, 2.24) is 25.3 Å². The van der Waals surface area contributed by atoms with E-state index in [1.54, 1.807) is 18.5 Å². The smallest absolute Gasteiger partial charge is 0.232 e. The molecule has 0 unspecified atom stereocenters. The van der Waals surface area contributed by atoms with E-state index < -0.39 is 0 Å². The highest BCUT2D eigenvalue weighted by Gasteiger charge is 2.19. The van der Waals surface area contributed by atoms with Crippen molar-refractivity contribution in [2.24, 2.45) is 5.92 Å². The van der Waals surface area contributed by atoms with Crippen LogP contribution in [0.15, 0.2) is 81.6 Å². The third-order valence-electron chi connectivity index (χ3n) is 5.90. The molecular weight excluding hydrogens is 490 g/mol. The molecule has 0 amide bonds. The second-order valence-electron chi connectivity index (χ2n) is 8.63. The van der Waals surface area contributed by atoms with Crippen molar-refractivity contribution >= 4 is 40.9 Å². The van der Waals surface area contributed by atoms with Crippen LogP contribution in [-0.4, -0.2) is 38.1 Å². The first-order valence-corrected chi connectivity index (χ1v) is 13.1. The molecule has 0 bridgehead atoms. The van der Waals surface area contributed by atoms with E-state index in [1.807, 2.05) is 48.5 Å². The Morgan fingerprint density at radius 2 is 1.83 bits per heavy atom. The van der Waals surface area contributed by atoms with E-state index in [9.17, 15) is 0 Å². The zero-order chi connectivity index (χ0) is 24.7. The maximum absolute atomic E-state index is 5.96. The third kappa shape index (κ3) is 6.38. The highest BCUT2D eigenvalue weighted by Crippen LogP contribution is 2.29. The van der Waals surface area contributed by atoms with Crippen LogP contribution >= 0.6 is 24.0 Å². The minimum atomic E-state index is 0.420. The molecule has 0 radical (unpaired) electrons. The Morgan fingerprint density at radius 3 is 2.61 bits per heavy atom. The van der Waals surface area contributed by atoms with E-state index in [4.69, 9.17) is 21.6 Å². The number of rotatable bonds is 7. The molecule has 4 heterocycles. The molecule has 1 fully saturated rings. The number of nitrogens with zero attached hydrogens (tertiary/aromatic N) is 5. The summed E-state index contributed by atoms with van der Waals surface area (Å²) in [6, 6.07) is 17.7. The molecule has 0 aliphatic carbocycles. The molecule has 184 valence electrons. The van der Waals surface area contributed by atoms with Crippen molar-refractivity contribution < 1.29 is 4.42 Å². The van der Waals surface area contributed by atoms with Crippen molar-refractivity contribution in [1.29, 1.82) is 0 Å². The molecule has 1 aromatic carbocycles. The summed E-state index contributed by atoms with van der Waals surface area (Å²) in [6.45, 7) is 4.68. The summed E-state index contributed by atoms with van der Waals surface area (Å²) in [5.41, 5.74) is 1.04. The fourth-order valence-corrected chi connectivity index (χ4v) is 4.77. The SMILES string of the molecule is CC1CCN(c2cc(Sc3ncccn3)nc(NC(=S)NCc3ccc(-c4ccccc4)o3)n2)CC1. The summed E-state index contributed by atoms with van der Waals surface area (Å²) in [4.78, 5) is 20.3. The highest BCUT2D eigenvalue weighted by molar-refractivity contribution is 7.99. The van der Waals surface area contributed by atoms with Gasteiger partial charge in [-0.25, -0.2) is 15.0 Å². The minimum Gasteiger partial charge on any atom is -0.459 e. The topological polar surface area (TPSA) is 92.0 Å². The lowest BCUT2D eigenvalue weighted by Crippen LogP contribution is -2.34. The summed E-state index contributed by atoms with van der Waals surface area (Å²) >= 11 is 6.93. The Hall–Kier alpha value is -3.50. The zero-order valence-corrected chi connectivity index (χ0v) is 21.6. The molecule has 10 heteroatoms. The Kier molecular flexibility index (Phi) is 7.73. The van der Waals surface area contributed by atoms with Crippen LogP contribution in [0.1, 0.15) is 25.5 Å². The Balaban J connectivity index is 1.27. The van der Waals surface area contributed by atoms with Gasteiger partial charge in [0.05, 0.1) is 6.54 Å². The molecular formula is C26H27N7OS2. The van der Waals surface area contributed by atoms with E-state index >= 15 is 0 Å². The standard InChI is InChI=1S/C26H27N7OS2/c1-18-10-14-33(15-11-18)22-16-23(36-26-27-12-5-13-28-26)31-24(30-22)32-25(35)29-17-20-8-9-21(34-20)19-6-3-2-4-7-19/h2-9,12-13,16,18H,10-11,14-15,17H2,1H3,(H2,29,30,31,32,35). The van der Waals surface area contributed by atoms with Crippen LogP contribution in [0, 0.1) is 5.92 Å². The summed E-state index contributed by atoms with van der Waals surface area (Å²) in [5.74, 6) is 3.65. The van der Waals surface area contributed by atoms with Crippen molar-refractivity contribution in [2.45, 2.75) is 36.5 Å². The van der Waals surface area contributed by atoms with Crippen LogP contribution in [-0.2, 0) is 6.54 Å². The number of furan rings is 1. The van der Waals surface area contributed by atoms with Crippen molar-refractivity contribution in [3.8, 4) is 11.3 Å². The predicted molar refractivity (Wildman–Crippen MR) is 146 cm³/mol. The fraction of sp³-hybridized carbons (Fsp3) is 0.269. The number of anilines is 2. The molecule has 2 N–H and O–H groups in total. The molecule has 0 saturated carbocycles. The van der Waals surface area contributed by atoms with Crippen LogP contribution in [0.25, 0.3) is 11.3 Å². The van der Waals surface area contributed by atoms with Gasteiger partial charge < -0.3 is 20.0 Å². The van der Waals surface area contributed by atoms with Crippen molar-refractivity contribution in [2.75, 3.05) is 23.3 Å². The quantitative estimate of drug-likeness (QED) is 0.189. The zero-order valence-electron chi connectivity index (χ0n) is 19.9. The summed E-state index contributed by atoms with van der Waals surface area (Å²) in [6.07, 6.45) is 5.73. The third-order valence-corrected chi connectivity index (χ3v) is 6.96. The van der Waals surface area contributed by atoms with E-state index in [0.29, 0.717) is 22.8 Å². The number of benzene rings is 1. The number of hydrogen-bond donors (Lipinski definition) is 2. The van der Waals surface area contributed by atoms with Gasteiger partial charge in [-0.2, -0.15) is 4.98 Å². The number of piperidine rings is 1. The minimum absolute atomic E-state index is 0.420.